The fourth-order valence-corrected chi connectivity index (χ4v) is 3.45. The Kier molecular flexibility index (Phi) is 7.54. The minimum absolute atomic E-state index is 0.0519. The number of ether oxygens (including phenoxy) is 2. The van der Waals surface area contributed by atoms with Crippen LogP contribution in [0.1, 0.15) is 43.9 Å². The summed E-state index contributed by atoms with van der Waals surface area (Å²) in [4.78, 5) is 11.1. The summed E-state index contributed by atoms with van der Waals surface area (Å²) in [6, 6.07) is 19.0. The molecule has 0 unspecified atom stereocenters. The molecule has 34 heavy (non-hydrogen) atoms. The standard InChI is InChI=1S/C27H27F3O4/c1-26(2,3)22-10-4-18(5-11-22)17-33-24-14-8-20(16-21(24)9-15-25(31)32)19-6-12-23(13-7-19)34-27(28,29)30/h4-8,10-14,16H,9,15,17H2,1-3H3,(H,31,32). The molecule has 0 atom stereocenters. The first kappa shape index (κ1) is 25.1. The van der Waals surface area contributed by atoms with Gasteiger partial charge in [0.2, 0.25) is 0 Å². The van der Waals surface area contributed by atoms with Crippen molar-refractivity contribution in [3.63, 3.8) is 0 Å². The second kappa shape index (κ2) is 10.2. The van der Waals surface area contributed by atoms with Crippen LogP contribution in [0.2, 0.25) is 0 Å². The molecule has 0 saturated heterocycles. The number of aryl methyl sites for hydroxylation is 1. The maximum absolute atomic E-state index is 12.4. The zero-order valence-electron chi connectivity index (χ0n) is 19.3. The van der Waals surface area contributed by atoms with Crippen LogP contribution in [0, 0.1) is 0 Å². The van der Waals surface area contributed by atoms with Gasteiger partial charge in [0.05, 0.1) is 0 Å². The molecule has 0 aliphatic heterocycles. The van der Waals surface area contributed by atoms with Crippen LogP contribution in [0.5, 0.6) is 11.5 Å². The van der Waals surface area contributed by atoms with Crippen molar-refractivity contribution in [2.45, 2.75) is 52.0 Å². The Morgan fingerprint density at radius 1 is 0.882 bits per heavy atom. The monoisotopic (exact) mass is 472 g/mol. The molecule has 4 nitrogen and oxygen atoms in total. The van der Waals surface area contributed by atoms with E-state index >= 15 is 0 Å². The van der Waals surface area contributed by atoms with E-state index in [-0.39, 0.29) is 24.0 Å². The predicted molar refractivity (Wildman–Crippen MR) is 124 cm³/mol. The Morgan fingerprint density at radius 2 is 1.50 bits per heavy atom. The summed E-state index contributed by atoms with van der Waals surface area (Å²) in [6.07, 6.45) is -4.56. The highest BCUT2D eigenvalue weighted by molar-refractivity contribution is 5.69. The van der Waals surface area contributed by atoms with Gasteiger partial charge in [0.15, 0.2) is 0 Å². The Morgan fingerprint density at radius 3 is 2.06 bits per heavy atom. The van der Waals surface area contributed by atoms with Gasteiger partial charge in [0.25, 0.3) is 0 Å². The van der Waals surface area contributed by atoms with Gasteiger partial charge >= 0.3 is 12.3 Å². The van der Waals surface area contributed by atoms with Gasteiger partial charge in [0.1, 0.15) is 18.1 Å². The Hall–Kier alpha value is -3.48. The summed E-state index contributed by atoms with van der Waals surface area (Å²) < 4.78 is 47.1. The number of aliphatic carboxylic acids is 1. The fourth-order valence-electron chi connectivity index (χ4n) is 3.45. The maximum Gasteiger partial charge on any atom is 0.573 e. The number of hydrogen-bond acceptors (Lipinski definition) is 3. The van der Waals surface area contributed by atoms with Crippen molar-refractivity contribution in [1.82, 2.24) is 0 Å². The molecule has 1 N–H and O–H groups in total. The number of hydrogen-bond donors (Lipinski definition) is 1. The first-order valence-electron chi connectivity index (χ1n) is 10.8. The van der Waals surface area contributed by atoms with Crippen LogP contribution in [0.4, 0.5) is 13.2 Å². The van der Waals surface area contributed by atoms with E-state index < -0.39 is 12.3 Å². The molecular weight excluding hydrogens is 445 g/mol. The fraction of sp³-hybridized carbons (Fsp3) is 0.296. The van der Waals surface area contributed by atoms with Crippen LogP contribution in [0.25, 0.3) is 11.1 Å². The van der Waals surface area contributed by atoms with Crippen molar-refractivity contribution in [3.8, 4) is 22.6 Å². The normalized spacial score (nSPS) is 11.8. The van der Waals surface area contributed by atoms with Crippen molar-refractivity contribution in [3.05, 3.63) is 83.4 Å². The highest BCUT2D eigenvalue weighted by atomic mass is 19.4. The van der Waals surface area contributed by atoms with Gasteiger partial charge in [-0.15, -0.1) is 13.2 Å². The van der Waals surface area contributed by atoms with Gasteiger partial charge in [-0.1, -0.05) is 63.2 Å². The minimum atomic E-state index is -4.75. The average Bonchev–Trinajstić information content (AvgIpc) is 2.75. The summed E-state index contributed by atoms with van der Waals surface area (Å²) in [5, 5.41) is 9.13. The third-order valence-corrected chi connectivity index (χ3v) is 5.30. The second-order valence-electron chi connectivity index (χ2n) is 9.02. The lowest BCUT2D eigenvalue weighted by Crippen LogP contribution is -2.16. The summed E-state index contributed by atoms with van der Waals surface area (Å²) in [5.74, 6) is -0.663. The number of benzene rings is 3. The molecule has 3 aromatic carbocycles. The van der Waals surface area contributed by atoms with Gasteiger partial charge < -0.3 is 14.6 Å². The van der Waals surface area contributed by atoms with E-state index in [9.17, 15) is 18.0 Å². The third kappa shape index (κ3) is 7.27. The van der Waals surface area contributed by atoms with Crippen LogP contribution in [0.3, 0.4) is 0 Å². The zero-order valence-corrected chi connectivity index (χ0v) is 19.3. The summed E-state index contributed by atoms with van der Waals surface area (Å²) in [5.41, 5.74) is 4.38. The highest BCUT2D eigenvalue weighted by Gasteiger charge is 2.31. The van der Waals surface area contributed by atoms with Crippen molar-refractivity contribution < 1.29 is 32.5 Å². The highest BCUT2D eigenvalue weighted by Crippen LogP contribution is 2.31. The largest absolute Gasteiger partial charge is 0.573 e. The molecule has 0 heterocycles. The van der Waals surface area contributed by atoms with Crippen molar-refractivity contribution in [2.75, 3.05) is 0 Å². The molecule has 0 bridgehead atoms. The van der Waals surface area contributed by atoms with Crippen LogP contribution in [-0.2, 0) is 23.2 Å². The van der Waals surface area contributed by atoms with Crippen LogP contribution in [-0.4, -0.2) is 17.4 Å². The first-order valence-corrected chi connectivity index (χ1v) is 10.8. The van der Waals surface area contributed by atoms with Crippen molar-refractivity contribution >= 4 is 5.97 Å². The molecule has 3 aromatic rings. The molecule has 0 aliphatic rings. The molecule has 0 spiro atoms. The number of halogens is 3. The van der Waals surface area contributed by atoms with Crippen LogP contribution in [0.15, 0.2) is 66.7 Å². The van der Waals surface area contributed by atoms with Crippen molar-refractivity contribution in [2.24, 2.45) is 0 Å². The van der Waals surface area contributed by atoms with E-state index in [2.05, 4.69) is 37.6 Å². The molecule has 0 fully saturated rings. The van der Waals surface area contributed by atoms with E-state index in [0.29, 0.717) is 23.5 Å². The van der Waals surface area contributed by atoms with E-state index in [1.807, 2.05) is 12.1 Å². The zero-order chi connectivity index (χ0) is 24.9. The topological polar surface area (TPSA) is 55.8 Å². The lowest BCUT2D eigenvalue weighted by molar-refractivity contribution is -0.274. The summed E-state index contributed by atoms with van der Waals surface area (Å²) in [7, 11) is 0. The molecule has 0 saturated carbocycles. The maximum atomic E-state index is 12.4. The minimum Gasteiger partial charge on any atom is -0.489 e. The van der Waals surface area contributed by atoms with E-state index in [0.717, 1.165) is 11.1 Å². The van der Waals surface area contributed by atoms with E-state index in [4.69, 9.17) is 9.84 Å². The van der Waals surface area contributed by atoms with Crippen LogP contribution >= 0.6 is 0 Å². The summed E-state index contributed by atoms with van der Waals surface area (Å²) in [6.45, 7) is 6.76. The number of carbonyl (C=O) groups is 1. The molecule has 7 heteroatoms. The Labute approximate surface area is 197 Å². The Balaban J connectivity index is 1.79. The average molecular weight is 473 g/mol. The van der Waals surface area contributed by atoms with Gasteiger partial charge in [-0.3, -0.25) is 4.79 Å². The molecule has 0 aromatic heterocycles. The van der Waals surface area contributed by atoms with Crippen LogP contribution < -0.4 is 9.47 Å². The molecule has 0 radical (unpaired) electrons. The van der Waals surface area contributed by atoms with Crippen molar-refractivity contribution in [1.29, 1.82) is 0 Å². The lowest BCUT2D eigenvalue weighted by atomic mass is 9.87. The number of alkyl halides is 3. The summed E-state index contributed by atoms with van der Waals surface area (Å²) >= 11 is 0. The van der Waals surface area contributed by atoms with Gasteiger partial charge in [-0.2, -0.15) is 0 Å². The van der Waals surface area contributed by atoms with Gasteiger partial charge in [0, 0.05) is 6.42 Å². The molecule has 3 rings (SSSR count). The molecule has 0 amide bonds. The van der Waals surface area contributed by atoms with Gasteiger partial charge in [-0.25, -0.2) is 0 Å². The first-order chi connectivity index (χ1) is 15.9. The quantitative estimate of drug-likeness (QED) is 0.378. The van der Waals surface area contributed by atoms with Gasteiger partial charge in [-0.05, 0) is 63.9 Å². The lowest BCUT2D eigenvalue weighted by Gasteiger charge is -2.19. The molecular formula is C27H27F3O4. The third-order valence-electron chi connectivity index (χ3n) is 5.30. The number of carboxylic acids is 1. The SMILES string of the molecule is CC(C)(C)c1ccc(COc2ccc(-c3ccc(OC(F)(F)F)cc3)cc2CCC(=O)O)cc1. The Bertz CT molecular complexity index is 1110. The predicted octanol–water partition coefficient (Wildman–Crippen LogP) is 7.15. The molecule has 0 aliphatic carbocycles. The number of rotatable bonds is 8. The van der Waals surface area contributed by atoms with E-state index in [1.54, 1.807) is 18.2 Å². The smallest absolute Gasteiger partial charge is 0.489 e. The van der Waals surface area contributed by atoms with E-state index in [1.165, 1.54) is 29.8 Å². The number of carboxylic acid groups (broad SMARTS) is 1. The molecule has 180 valence electrons. The second-order valence-corrected chi connectivity index (χ2v) is 9.02.